The maximum absolute atomic E-state index is 13.5. The molecule has 2 heterocycles. The number of carbonyl (C=O) groups is 1. The summed E-state index contributed by atoms with van der Waals surface area (Å²) in [6.07, 6.45) is 9.66. The largest absolute Gasteiger partial charge is 0.491 e. The van der Waals surface area contributed by atoms with E-state index >= 15 is 0 Å². The average molecular weight is 518 g/mol. The van der Waals surface area contributed by atoms with Gasteiger partial charge < -0.3 is 4.74 Å². The highest BCUT2D eigenvalue weighted by atomic mass is 32.2. The molecule has 36 heavy (non-hydrogen) atoms. The molecule has 2 aromatic carbocycles. The number of ether oxygens (including phenoxy) is 1. The fourth-order valence-corrected chi connectivity index (χ4v) is 6.28. The van der Waals surface area contributed by atoms with Crippen molar-refractivity contribution in [1.82, 2.24) is 14.7 Å². The summed E-state index contributed by atoms with van der Waals surface area (Å²) in [4.78, 5) is 16.0. The van der Waals surface area contributed by atoms with Crippen LogP contribution in [-0.4, -0.2) is 37.1 Å². The molecule has 0 unspecified atom stereocenters. The second-order valence-corrected chi connectivity index (χ2v) is 11.4. The first-order chi connectivity index (χ1) is 17.4. The number of aromatic nitrogens is 2. The molecule has 1 saturated heterocycles. The third-order valence-corrected chi connectivity index (χ3v) is 7.95. The Kier molecular flexibility index (Phi) is 7.30. The number of thioether (sulfide) groups is 1. The minimum atomic E-state index is 0.0205. The van der Waals surface area contributed by atoms with Crippen LogP contribution in [-0.2, 0) is 4.79 Å². The Labute approximate surface area is 222 Å². The Morgan fingerprint density at radius 3 is 2.56 bits per heavy atom. The summed E-state index contributed by atoms with van der Waals surface area (Å²) in [5.74, 6) is 0.887. The highest BCUT2D eigenvalue weighted by Crippen LogP contribution is 2.39. The van der Waals surface area contributed by atoms with E-state index in [-0.39, 0.29) is 18.1 Å². The second-order valence-electron chi connectivity index (χ2n) is 9.70. The zero-order chi connectivity index (χ0) is 25.2. The summed E-state index contributed by atoms with van der Waals surface area (Å²) >= 11 is 7.06. The van der Waals surface area contributed by atoms with Crippen molar-refractivity contribution < 1.29 is 9.53 Å². The van der Waals surface area contributed by atoms with Crippen LogP contribution in [0, 0.1) is 6.92 Å². The molecule has 2 aliphatic rings. The molecule has 1 saturated carbocycles. The summed E-state index contributed by atoms with van der Waals surface area (Å²) in [5.41, 5.74) is 4.70. The molecular weight excluding hydrogens is 486 g/mol. The van der Waals surface area contributed by atoms with Gasteiger partial charge in [0.25, 0.3) is 5.91 Å². The number of carbonyl (C=O) groups excluding carboxylic acids is 1. The number of amides is 1. The minimum absolute atomic E-state index is 0.0205. The molecule has 186 valence electrons. The van der Waals surface area contributed by atoms with E-state index in [2.05, 4.69) is 6.07 Å². The smallest absolute Gasteiger partial charge is 0.266 e. The highest BCUT2D eigenvalue weighted by molar-refractivity contribution is 8.26. The van der Waals surface area contributed by atoms with E-state index in [9.17, 15) is 4.79 Å². The van der Waals surface area contributed by atoms with Gasteiger partial charge in [0.05, 0.1) is 16.7 Å². The number of aryl methyl sites for hydroxylation is 1. The lowest BCUT2D eigenvalue weighted by molar-refractivity contribution is -0.124. The zero-order valence-corrected chi connectivity index (χ0v) is 22.6. The van der Waals surface area contributed by atoms with E-state index in [1.807, 2.05) is 85.1 Å². The molecule has 0 N–H and O–H groups in total. The van der Waals surface area contributed by atoms with Gasteiger partial charge in [0.2, 0.25) is 0 Å². The zero-order valence-electron chi connectivity index (χ0n) is 20.9. The summed E-state index contributed by atoms with van der Waals surface area (Å²) in [5, 5.41) is 4.94. The molecule has 0 radical (unpaired) electrons. The van der Waals surface area contributed by atoms with Crippen molar-refractivity contribution in [3.8, 4) is 22.7 Å². The Bertz CT molecular complexity index is 1310. The molecule has 5 rings (SSSR count). The number of hydrogen-bond acceptors (Lipinski definition) is 5. The lowest BCUT2D eigenvalue weighted by Crippen LogP contribution is -2.39. The Balaban J connectivity index is 1.54. The molecule has 1 aliphatic heterocycles. The molecule has 0 bridgehead atoms. The van der Waals surface area contributed by atoms with Crippen LogP contribution in [0.4, 0.5) is 0 Å². The van der Waals surface area contributed by atoms with Crippen LogP contribution in [0.5, 0.6) is 5.75 Å². The molecule has 0 spiro atoms. The monoisotopic (exact) mass is 517 g/mol. The van der Waals surface area contributed by atoms with Gasteiger partial charge in [-0.15, -0.1) is 0 Å². The summed E-state index contributed by atoms with van der Waals surface area (Å²) < 4.78 is 8.48. The van der Waals surface area contributed by atoms with Crippen LogP contribution in [0.2, 0.25) is 0 Å². The molecule has 3 aromatic rings. The normalized spacial score (nSPS) is 18.0. The van der Waals surface area contributed by atoms with Gasteiger partial charge in [-0.05, 0) is 75.6 Å². The third kappa shape index (κ3) is 5.13. The lowest BCUT2D eigenvalue weighted by Gasteiger charge is -2.29. The van der Waals surface area contributed by atoms with Crippen molar-refractivity contribution in [2.24, 2.45) is 0 Å². The fraction of sp³-hybridized carbons (Fsp3) is 0.345. The first kappa shape index (κ1) is 24.8. The first-order valence-corrected chi connectivity index (χ1v) is 13.8. The SMILES string of the molecule is Cc1cc(-c2nn(-c3ccccc3)cc2/C=C2/SC(=S)N(C3CCCCC3)C2=O)ccc1OC(C)C. The van der Waals surface area contributed by atoms with Crippen molar-refractivity contribution in [2.45, 2.75) is 65.0 Å². The van der Waals surface area contributed by atoms with Gasteiger partial charge in [-0.2, -0.15) is 5.10 Å². The van der Waals surface area contributed by atoms with Gasteiger partial charge in [-0.3, -0.25) is 9.69 Å². The predicted molar refractivity (Wildman–Crippen MR) is 151 cm³/mol. The predicted octanol–water partition coefficient (Wildman–Crippen LogP) is 7.17. The van der Waals surface area contributed by atoms with Gasteiger partial charge in [-0.25, -0.2) is 4.68 Å². The first-order valence-electron chi connectivity index (χ1n) is 12.6. The number of nitrogens with zero attached hydrogens (tertiary/aromatic N) is 3. The molecular formula is C29H31N3O2S2. The molecule has 1 amide bonds. The fourth-order valence-electron chi connectivity index (χ4n) is 4.89. The Morgan fingerprint density at radius 2 is 1.86 bits per heavy atom. The topological polar surface area (TPSA) is 47.4 Å². The van der Waals surface area contributed by atoms with E-state index in [4.69, 9.17) is 22.1 Å². The minimum Gasteiger partial charge on any atom is -0.491 e. The van der Waals surface area contributed by atoms with Crippen LogP contribution in [0.3, 0.4) is 0 Å². The maximum Gasteiger partial charge on any atom is 0.266 e. The molecule has 5 nitrogen and oxygen atoms in total. The van der Waals surface area contributed by atoms with Crippen molar-refractivity contribution in [2.75, 3.05) is 0 Å². The average Bonchev–Trinajstić information content (AvgIpc) is 3.41. The van der Waals surface area contributed by atoms with E-state index in [1.165, 1.54) is 18.2 Å². The van der Waals surface area contributed by atoms with Crippen LogP contribution in [0.15, 0.2) is 59.6 Å². The number of para-hydroxylation sites is 1. The number of rotatable bonds is 6. The quantitative estimate of drug-likeness (QED) is 0.256. The summed E-state index contributed by atoms with van der Waals surface area (Å²) in [7, 11) is 0. The standard InChI is InChI=1S/C29H31N3O2S2/c1-19(2)34-25-15-14-21(16-20(25)3)27-22(18-31(30-27)23-10-6-4-7-11-23)17-26-28(33)32(29(35)36-26)24-12-8-5-9-13-24/h4,6-7,10-11,14-19,24H,5,8-9,12-13H2,1-3H3/b26-17+. The lowest BCUT2D eigenvalue weighted by atomic mass is 9.94. The van der Waals surface area contributed by atoms with Gasteiger partial charge in [0.15, 0.2) is 0 Å². The second kappa shape index (κ2) is 10.6. The highest BCUT2D eigenvalue weighted by Gasteiger charge is 2.37. The molecule has 7 heteroatoms. The van der Waals surface area contributed by atoms with E-state index in [0.29, 0.717) is 9.23 Å². The maximum atomic E-state index is 13.5. The summed E-state index contributed by atoms with van der Waals surface area (Å²) in [6, 6.07) is 16.4. The Hall–Kier alpha value is -2.90. The van der Waals surface area contributed by atoms with Crippen molar-refractivity contribution in [1.29, 1.82) is 0 Å². The molecule has 1 aliphatic carbocycles. The van der Waals surface area contributed by atoms with Gasteiger partial charge >= 0.3 is 0 Å². The van der Waals surface area contributed by atoms with Crippen LogP contribution < -0.4 is 4.74 Å². The summed E-state index contributed by atoms with van der Waals surface area (Å²) in [6.45, 7) is 6.09. The number of benzene rings is 2. The van der Waals surface area contributed by atoms with Crippen LogP contribution >= 0.6 is 24.0 Å². The number of thiocarbonyl (C=S) groups is 1. The van der Waals surface area contributed by atoms with Gasteiger partial charge in [-0.1, -0.05) is 61.4 Å². The Morgan fingerprint density at radius 1 is 1.11 bits per heavy atom. The third-order valence-electron chi connectivity index (χ3n) is 6.62. The van der Waals surface area contributed by atoms with E-state index in [0.717, 1.165) is 59.5 Å². The molecule has 0 atom stereocenters. The molecule has 2 fully saturated rings. The van der Waals surface area contributed by atoms with Crippen molar-refractivity contribution in [3.63, 3.8) is 0 Å². The van der Waals surface area contributed by atoms with E-state index in [1.54, 1.807) is 0 Å². The van der Waals surface area contributed by atoms with E-state index < -0.39 is 0 Å². The van der Waals surface area contributed by atoms with Gasteiger partial charge in [0, 0.05) is 23.4 Å². The van der Waals surface area contributed by atoms with Gasteiger partial charge in [0.1, 0.15) is 15.8 Å². The van der Waals surface area contributed by atoms with Crippen LogP contribution in [0.25, 0.3) is 23.0 Å². The van der Waals surface area contributed by atoms with Crippen molar-refractivity contribution >= 4 is 40.3 Å². The number of hydrogen-bond donors (Lipinski definition) is 0. The molecule has 1 aromatic heterocycles. The van der Waals surface area contributed by atoms with Crippen LogP contribution in [0.1, 0.15) is 57.1 Å². The van der Waals surface area contributed by atoms with Crippen molar-refractivity contribution in [3.05, 3.63) is 70.8 Å².